The van der Waals surface area contributed by atoms with Gasteiger partial charge in [-0.1, -0.05) is 42.5 Å². The third-order valence-electron chi connectivity index (χ3n) is 9.53. The van der Waals surface area contributed by atoms with Crippen LogP contribution >= 0.6 is 0 Å². The van der Waals surface area contributed by atoms with E-state index in [1.54, 1.807) is 6.20 Å². The van der Waals surface area contributed by atoms with E-state index in [9.17, 15) is 0 Å². The normalized spacial score (nSPS) is 11.5. The summed E-state index contributed by atoms with van der Waals surface area (Å²) in [6.07, 6.45) is 9.14. The number of benzene rings is 4. The Kier molecular flexibility index (Phi) is 6.99. The Balaban J connectivity index is 1.02. The predicted octanol–water partition coefficient (Wildman–Crippen LogP) is 11.3. The molecule has 0 atom stereocenters. The van der Waals surface area contributed by atoms with Crippen LogP contribution in [-0.2, 0) is 0 Å². The number of aromatic nitrogens is 5. The number of anilines is 3. The highest BCUT2D eigenvalue weighted by atomic mass is 16.3. The van der Waals surface area contributed by atoms with Crippen molar-refractivity contribution in [3.63, 3.8) is 0 Å². The molecule has 0 saturated heterocycles. The van der Waals surface area contributed by atoms with Crippen molar-refractivity contribution in [3.8, 4) is 33.6 Å². The second-order valence-electron chi connectivity index (χ2n) is 12.7. The number of fused-ring (bicyclic) bond motifs is 5. The highest BCUT2D eigenvalue weighted by Crippen LogP contribution is 2.38. The molecule has 10 aromatic rings. The zero-order valence-corrected chi connectivity index (χ0v) is 27.8. The largest absolute Gasteiger partial charge is 0.438 e. The lowest BCUT2D eigenvalue weighted by Crippen LogP contribution is -2.09. The van der Waals surface area contributed by atoms with E-state index in [2.05, 4.69) is 111 Å². The fourth-order valence-electron chi connectivity index (χ4n) is 6.85. The third kappa shape index (κ3) is 5.28. The predicted molar refractivity (Wildman–Crippen MR) is 209 cm³/mol. The molecule has 0 N–H and O–H groups in total. The van der Waals surface area contributed by atoms with Crippen molar-refractivity contribution >= 4 is 60.9 Å². The monoisotopic (exact) mass is 668 g/mol. The first-order chi connectivity index (χ1) is 25.7. The van der Waals surface area contributed by atoms with Crippen molar-refractivity contribution in [3.05, 3.63) is 171 Å². The van der Waals surface area contributed by atoms with Crippen molar-refractivity contribution in [2.75, 3.05) is 4.90 Å². The van der Waals surface area contributed by atoms with E-state index in [1.807, 2.05) is 73.3 Å². The van der Waals surface area contributed by atoms with Gasteiger partial charge in [-0.2, -0.15) is 0 Å². The first kappa shape index (κ1) is 29.6. The Morgan fingerprint density at radius 3 is 1.48 bits per heavy atom. The zero-order chi connectivity index (χ0) is 34.4. The number of hydrogen-bond donors (Lipinski definition) is 0. The molecule has 0 unspecified atom stereocenters. The second-order valence-corrected chi connectivity index (χ2v) is 12.7. The van der Waals surface area contributed by atoms with E-state index < -0.39 is 0 Å². The molecule has 7 heteroatoms. The fourth-order valence-corrected chi connectivity index (χ4v) is 6.85. The third-order valence-corrected chi connectivity index (χ3v) is 9.53. The van der Waals surface area contributed by atoms with Crippen LogP contribution in [-0.4, -0.2) is 24.9 Å². The van der Waals surface area contributed by atoms with Crippen molar-refractivity contribution in [2.45, 2.75) is 0 Å². The van der Waals surface area contributed by atoms with Gasteiger partial charge in [0, 0.05) is 80.7 Å². The summed E-state index contributed by atoms with van der Waals surface area (Å²) in [5, 5.41) is 4.12. The first-order valence-corrected chi connectivity index (χ1v) is 17.0. The molecule has 0 saturated carbocycles. The Labute approximate surface area is 298 Å². The molecular weight excluding hydrogens is 641 g/mol. The summed E-state index contributed by atoms with van der Waals surface area (Å²) >= 11 is 0. The van der Waals surface area contributed by atoms with E-state index in [1.165, 1.54) is 0 Å². The van der Waals surface area contributed by atoms with Gasteiger partial charge in [0.05, 0.1) is 22.4 Å². The summed E-state index contributed by atoms with van der Waals surface area (Å²) in [7, 11) is 0. The molecule has 4 aromatic carbocycles. The van der Waals surface area contributed by atoms with Crippen LogP contribution < -0.4 is 4.90 Å². The Hall–Kier alpha value is -7.25. The van der Waals surface area contributed by atoms with Crippen LogP contribution in [0.3, 0.4) is 0 Å². The van der Waals surface area contributed by atoms with Gasteiger partial charge in [0.25, 0.3) is 0 Å². The SMILES string of the molecule is c1cnc2cc(-c3ccc(N(c4ccc(-c5ccc6c(c5)oc5ncccc56)cc4)c4ccc(-c5cc6ncccc6cn5)cc4)cc3)ncc2c1. The molecule has 0 radical (unpaired) electrons. The van der Waals surface area contributed by atoms with Crippen molar-refractivity contribution < 1.29 is 4.42 Å². The Morgan fingerprint density at radius 1 is 0.404 bits per heavy atom. The van der Waals surface area contributed by atoms with E-state index in [-0.39, 0.29) is 0 Å². The lowest BCUT2D eigenvalue weighted by atomic mass is 10.0. The van der Waals surface area contributed by atoms with E-state index in [4.69, 9.17) is 14.4 Å². The summed E-state index contributed by atoms with van der Waals surface area (Å²) < 4.78 is 6.08. The minimum absolute atomic E-state index is 0.652. The van der Waals surface area contributed by atoms with Gasteiger partial charge >= 0.3 is 0 Å². The number of nitrogens with zero attached hydrogens (tertiary/aromatic N) is 6. The average Bonchev–Trinajstić information content (AvgIpc) is 3.59. The van der Waals surface area contributed by atoms with Crippen LogP contribution in [0.2, 0.25) is 0 Å². The second kappa shape index (κ2) is 12.3. The lowest BCUT2D eigenvalue weighted by molar-refractivity contribution is 0.654. The van der Waals surface area contributed by atoms with Gasteiger partial charge in [-0.15, -0.1) is 0 Å². The van der Waals surface area contributed by atoms with Crippen LogP contribution in [0.1, 0.15) is 0 Å². The minimum Gasteiger partial charge on any atom is -0.438 e. The number of furan rings is 1. The standard InChI is InChI=1S/C45H28N6O/c1-4-33-27-49-40(25-42(33)46-21-1)30-9-16-36(17-10-30)51(37-18-11-31(12-19-37)41-26-43-34(28-50-41)5-2-22-47-43)35-14-7-29(8-15-35)32-13-20-38-39-6-3-23-48-45(39)52-44(38)24-32/h1-28H. The van der Waals surface area contributed by atoms with Crippen LogP contribution in [0.4, 0.5) is 17.1 Å². The maximum absolute atomic E-state index is 6.08. The summed E-state index contributed by atoms with van der Waals surface area (Å²) in [6, 6.07) is 48.0. The highest BCUT2D eigenvalue weighted by Gasteiger charge is 2.15. The number of rotatable bonds is 6. The molecule has 244 valence electrons. The average molecular weight is 669 g/mol. The molecule has 52 heavy (non-hydrogen) atoms. The minimum atomic E-state index is 0.652. The maximum atomic E-state index is 6.08. The molecule has 0 amide bonds. The van der Waals surface area contributed by atoms with Gasteiger partial charge in [-0.3, -0.25) is 19.9 Å². The highest BCUT2D eigenvalue weighted by molar-refractivity contribution is 6.04. The molecular formula is C45H28N6O. The molecule has 7 nitrogen and oxygen atoms in total. The molecule has 0 aliphatic heterocycles. The Morgan fingerprint density at radius 2 is 0.904 bits per heavy atom. The summed E-state index contributed by atoms with van der Waals surface area (Å²) in [4.78, 5) is 25.1. The van der Waals surface area contributed by atoms with Gasteiger partial charge in [-0.05, 0) is 108 Å². The number of pyridine rings is 5. The van der Waals surface area contributed by atoms with Gasteiger partial charge in [0.2, 0.25) is 5.71 Å². The van der Waals surface area contributed by atoms with Gasteiger partial charge in [-0.25, -0.2) is 4.98 Å². The molecule has 0 aliphatic carbocycles. The van der Waals surface area contributed by atoms with Gasteiger partial charge in [0.1, 0.15) is 5.58 Å². The summed E-state index contributed by atoms with van der Waals surface area (Å²) in [5.74, 6) is 0. The zero-order valence-electron chi connectivity index (χ0n) is 27.8. The molecule has 0 aliphatic rings. The number of hydrogen-bond acceptors (Lipinski definition) is 7. The smallest absolute Gasteiger partial charge is 0.227 e. The topological polar surface area (TPSA) is 80.8 Å². The van der Waals surface area contributed by atoms with E-state index in [0.29, 0.717) is 5.71 Å². The van der Waals surface area contributed by atoms with E-state index >= 15 is 0 Å². The molecule has 6 heterocycles. The quantitative estimate of drug-likeness (QED) is 0.174. The molecule has 0 fully saturated rings. The van der Waals surface area contributed by atoms with E-state index in [0.717, 1.165) is 88.9 Å². The molecule has 10 rings (SSSR count). The summed E-state index contributed by atoms with van der Waals surface area (Å²) in [6.45, 7) is 0. The van der Waals surface area contributed by atoms with Crippen molar-refractivity contribution in [1.82, 2.24) is 24.9 Å². The maximum Gasteiger partial charge on any atom is 0.227 e. The molecule has 0 spiro atoms. The van der Waals surface area contributed by atoms with Gasteiger partial charge in [0.15, 0.2) is 0 Å². The van der Waals surface area contributed by atoms with Crippen molar-refractivity contribution in [1.29, 1.82) is 0 Å². The van der Waals surface area contributed by atoms with Crippen LogP contribution in [0, 0.1) is 0 Å². The lowest BCUT2D eigenvalue weighted by Gasteiger charge is -2.26. The Bertz CT molecular complexity index is 2780. The molecule has 6 aromatic heterocycles. The van der Waals surface area contributed by atoms with Crippen LogP contribution in [0.25, 0.3) is 77.5 Å². The fraction of sp³-hybridized carbons (Fsp3) is 0. The van der Waals surface area contributed by atoms with Crippen molar-refractivity contribution in [2.24, 2.45) is 0 Å². The molecule has 0 bridgehead atoms. The first-order valence-electron chi connectivity index (χ1n) is 17.0. The van der Waals surface area contributed by atoms with Crippen LogP contribution in [0.5, 0.6) is 0 Å². The van der Waals surface area contributed by atoms with Gasteiger partial charge < -0.3 is 9.32 Å². The van der Waals surface area contributed by atoms with Crippen LogP contribution in [0.15, 0.2) is 175 Å². The summed E-state index contributed by atoms with van der Waals surface area (Å²) in [5.41, 5.74) is 12.4.